The Kier molecular flexibility index (Phi) is 2.67. The van der Waals surface area contributed by atoms with E-state index in [4.69, 9.17) is 0 Å². The monoisotopic (exact) mass is 179 g/mol. The van der Waals surface area contributed by atoms with E-state index < -0.39 is 0 Å². The van der Waals surface area contributed by atoms with Crippen LogP contribution in [-0.2, 0) is 4.79 Å². The molecule has 1 saturated carbocycles. The highest BCUT2D eigenvalue weighted by Crippen LogP contribution is 2.24. The number of nitrogens with zero attached hydrogens (tertiary/aromatic N) is 1. The van der Waals surface area contributed by atoms with Gasteiger partial charge in [-0.2, -0.15) is 0 Å². The number of likely N-dealkylation sites (tertiary alicyclic amines) is 1. The average Bonchev–Trinajstić information content (AvgIpc) is 2.54. The molecular formula is C11H17NO. The first-order valence-electron chi connectivity index (χ1n) is 5.35. The number of amides is 1. The summed E-state index contributed by atoms with van der Waals surface area (Å²) >= 11 is 0. The molecule has 2 heteroatoms. The molecule has 0 atom stereocenters. The summed E-state index contributed by atoms with van der Waals surface area (Å²) in [5, 5.41) is 0. The van der Waals surface area contributed by atoms with Crippen LogP contribution in [-0.4, -0.2) is 17.4 Å². The minimum atomic E-state index is 0.318. The van der Waals surface area contributed by atoms with E-state index in [9.17, 15) is 4.79 Å². The van der Waals surface area contributed by atoms with Gasteiger partial charge in [-0.05, 0) is 32.1 Å². The highest BCUT2D eigenvalue weighted by Gasteiger charge is 2.18. The molecule has 0 unspecified atom stereocenters. The van der Waals surface area contributed by atoms with Gasteiger partial charge in [0.1, 0.15) is 0 Å². The molecule has 2 rings (SSSR count). The number of hydrogen-bond donors (Lipinski definition) is 0. The zero-order valence-corrected chi connectivity index (χ0v) is 8.09. The lowest BCUT2D eigenvalue weighted by molar-refractivity contribution is -0.125. The molecule has 1 heterocycles. The molecule has 1 aliphatic heterocycles. The topological polar surface area (TPSA) is 20.3 Å². The first-order chi connectivity index (χ1) is 6.36. The molecule has 13 heavy (non-hydrogen) atoms. The summed E-state index contributed by atoms with van der Waals surface area (Å²) in [5.74, 6) is 0.318. The minimum absolute atomic E-state index is 0.318. The fourth-order valence-electron chi connectivity index (χ4n) is 2.16. The quantitative estimate of drug-likeness (QED) is 0.605. The van der Waals surface area contributed by atoms with Crippen molar-refractivity contribution in [2.24, 2.45) is 0 Å². The van der Waals surface area contributed by atoms with Gasteiger partial charge in [0.15, 0.2) is 0 Å². The Bertz CT molecular complexity index is 224. The van der Waals surface area contributed by atoms with Crippen molar-refractivity contribution in [3.63, 3.8) is 0 Å². The Balaban J connectivity index is 1.96. The maximum Gasteiger partial charge on any atom is 0.226 e. The van der Waals surface area contributed by atoms with Gasteiger partial charge in [0, 0.05) is 19.2 Å². The molecule has 2 fully saturated rings. The summed E-state index contributed by atoms with van der Waals surface area (Å²) < 4.78 is 0. The Hall–Kier alpha value is -0.790. The molecule has 1 amide bonds. The maximum absolute atomic E-state index is 11.3. The molecule has 0 spiro atoms. The summed E-state index contributed by atoms with van der Waals surface area (Å²) in [7, 11) is 0. The zero-order valence-electron chi connectivity index (χ0n) is 8.09. The van der Waals surface area contributed by atoms with E-state index in [1.165, 1.54) is 37.7 Å². The number of rotatable bonds is 1. The standard InChI is InChI=1S/C11H17NO/c13-11-7-4-8-12(11)9-10-5-2-1-3-6-10/h9H,1-8H2. The summed E-state index contributed by atoms with van der Waals surface area (Å²) in [4.78, 5) is 13.2. The molecule has 0 N–H and O–H groups in total. The second-order valence-corrected chi connectivity index (χ2v) is 4.04. The van der Waals surface area contributed by atoms with Gasteiger partial charge in [-0.1, -0.05) is 12.0 Å². The van der Waals surface area contributed by atoms with Crippen molar-refractivity contribution in [2.45, 2.75) is 44.9 Å². The van der Waals surface area contributed by atoms with E-state index in [2.05, 4.69) is 6.20 Å². The van der Waals surface area contributed by atoms with Gasteiger partial charge >= 0.3 is 0 Å². The van der Waals surface area contributed by atoms with Gasteiger partial charge in [-0.25, -0.2) is 0 Å². The third-order valence-corrected chi connectivity index (χ3v) is 2.94. The Morgan fingerprint density at radius 1 is 1.00 bits per heavy atom. The van der Waals surface area contributed by atoms with Crippen LogP contribution in [0.1, 0.15) is 44.9 Å². The highest BCUT2D eigenvalue weighted by atomic mass is 16.2. The predicted molar refractivity (Wildman–Crippen MR) is 52.1 cm³/mol. The van der Waals surface area contributed by atoms with Crippen LogP contribution in [0.15, 0.2) is 11.8 Å². The molecule has 2 aliphatic rings. The molecule has 0 aromatic heterocycles. The van der Waals surface area contributed by atoms with Crippen LogP contribution in [0.2, 0.25) is 0 Å². The SMILES string of the molecule is O=C1CCCN1C=C1CCCCC1. The normalized spacial score (nSPS) is 23.8. The van der Waals surface area contributed by atoms with E-state index in [1.807, 2.05) is 4.90 Å². The molecule has 0 radical (unpaired) electrons. The lowest BCUT2D eigenvalue weighted by Crippen LogP contribution is -2.18. The molecule has 72 valence electrons. The first-order valence-corrected chi connectivity index (χ1v) is 5.35. The molecule has 1 aliphatic carbocycles. The van der Waals surface area contributed by atoms with E-state index in [0.29, 0.717) is 5.91 Å². The number of allylic oxidation sites excluding steroid dienone is 1. The van der Waals surface area contributed by atoms with Gasteiger partial charge in [0.25, 0.3) is 0 Å². The Morgan fingerprint density at radius 2 is 1.77 bits per heavy atom. The van der Waals surface area contributed by atoms with E-state index in [-0.39, 0.29) is 0 Å². The van der Waals surface area contributed by atoms with Crippen LogP contribution in [0.5, 0.6) is 0 Å². The van der Waals surface area contributed by atoms with Crippen molar-refractivity contribution < 1.29 is 4.79 Å². The van der Waals surface area contributed by atoms with Crippen LogP contribution in [0, 0.1) is 0 Å². The number of carbonyl (C=O) groups excluding carboxylic acids is 1. The third-order valence-electron chi connectivity index (χ3n) is 2.94. The Morgan fingerprint density at radius 3 is 2.38 bits per heavy atom. The average molecular weight is 179 g/mol. The lowest BCUT2D eigenvalue weighted by atomic mass is 9.96. The van der Waals surface area contributed by atoms with E-state index >= 15 is 0 Å². The summed E-state index contributed by atoms with van der Waals surface area (Å²) in [6, 6.07) is 0. The van der Waals surface area contributed by atoms with Crippen molar-refractivity contribution in [2.75, 3.05) is 6.54 Å². The van der Waals surface area contributed by atoms with Crippen LogP contribution in [0.3, 0.4) is 0 Å². The molecule has 0 aromatic carbocycles. The fourth-order valence-corrected chi connectivity index (χ4v) is 2.16. The summed E-state index contributed by atoms with van der Waals surface area (Å²) in [6.07, 6.45) is 10.3. The second-order valence-electron chi connectivity index (χ2n) is 4.04. The van der Waals surface area contributed by atoms with Crippen LogP contribution < -0.4 is 0 Å². The van der Waals surface area contributed by atoms with Crippen LogP contribution in [0.25, 0.3) is 0 Å². The third kappa shape index (κ3) is 2.11. The number of carbonyl (C=O) groups is 1. The number of hydrogen-bond acceptors (Lipinski definition) is 1. The minimum Gasteiger partial charge on any atom is -0.319 e. The fraction of sp³-hybridized carbons (Fsp3) is 0.727. The molecule has 2 nitrogen and oxygen atoms in total. The van der Waals surface area contributed by atoms with E-state index in [1.54, 1.807) is 0 Å². The Labute approximate surface area is 79.6 Å². The van der Waals surface area contributed by atoms with Gasteiger partial charge < -0.3 is 4.90 Å². The van der Waals surface area contributed by atoms with Crippen molar-refractivity contribution in [1.29, 1.82) is 0 Å². The highest BCUT2D eigenvalue weighted by molar-refractivity contribution is 5.79. The van der Waals surface area contributed by atoms with Crippen LogP contribution in [0.4, 0.5) is 0 Å². The van der Waals surface area contributed by atoms with Crippen LogP contribution >= 0.6 is 0 Å². The summed E-state index contributed by atoms with van der Waals surface area (Å²) in [5.41, 5.74) is 1.49. The van der Waals surface area contributed by atoms with Crippen molar-refractivity contribution in [3.8, 4) is 0 Å². The smallest absolute Gasteiger partial charge is 0.226 e. The van der Waals surface area contributed by atoms with Crippen molar-refractivity contribution >= 4 is 5.91 Å². The second kappa shape index (κ2) is 3.95. The maximum atomic E-state index is 11.3. The van der Waals surface area contributed by atoms with Gasteiger partial charge in [0.05, 0.1) is 0 Å². The van der Waals surface area contributed by atoms with E-state index in [0.717, 1.165) is 19.4 Å². The van der Waals surface area contributed by atoms with Gasteiger partial charge in [0.2, 0.25) is 5.91 Å². The van der Waals surface area contributed by atoms with Crippen molar-refractivity contribution in [3.05, 3.63) is 11.8 Å². The zero-order chi connectivity index (χ0) is 9.10. The van der Waals surface area contributed by atoms with Gasteiger partial charge in [-0.15, -0.1) is 0 Å². The molecule has 0 aromatic rings. The largest absolute Gasteiger partial charge is 0.319 e. The van der Waals surface area contributed by atoms with Gasteiger partial charge in [-0.3, -0.25) is 4.79 Å². The molecule has 1 saturated heterocycles. The first kappa shape index (κ1) is 8.79. The summed E-state index contributed by atoms with van der Waals surface area (Å²) in [6.45, 7) is 0.947. The van der Waals surface area contributed by atoms with Crippen molar-refractivity contribution in [1.82, 2.24) is 4.90 Å². The lowest BCUT2D eigenvalue weighted by Gasteiger charge is -2.17. The predicted octanol–water partition coefficient (Wildman–Crippen LogP) is 2.46. The molecule has 0 bridgehead atoms. The molecular weight excluding hydrogens is 162 g/mol.